The first-order chi connectivity index (χ1) is 15.4. The number of nitrogens with zero attached hydrogens (tertiary/aromatic N) is 2. The lowest BCUT2D eigenvalue weighted by Gasteiger charge is -2.30. The number of H-pyrrole nitrogens is 1. The van der Waals surface area contributed by atoms with Gasteiger partial charge in [0.25, 0.3) is 5.56 Å². The molecule has 2 N–H and O–H groups in total. The Morgan fingerprint density at radius 1 is 1.16 bits per heavy atom. The van der Waals surface area contributed by atoms with Crippen LogP contribution in [0, 0.1) is 5.82 Å². The number of carbonyl (C=O) groups is 1. The van der Waals surface area contributed by atoms with Gasteiger partial charge in [0.2, 0.25) is 0 Å². The largest absolute Gasteiger partial charge is 0.328 e. The summed E-state index contributed by atoms with van der Waals surface area (Å²) in [7, 11) is 0. The fourth-order valence-electron chi connectivity index (χ4n) is 3.57. The van der Waals surface area contributed by atoms with E-state index in [4.69, 9.17) is 11.6 Å². The number of aromatic amines is 1. The Balaban J connectivity index is 1.72. The van der Waals surface area contributed by atoms with E-state index in [0.29, 0.717) is 16.8 Å². The lowest BCUT2D eigenvalue weighted by Crippen LogP contribution is -2.37. The second-order valence-corrected chi connectivity index (χ2v) is 7.71. The van der Waals surface area contributed by atoms with Gasteiger partial charge in [-0.05, 0) is 54.3 Å². The van der Waals surface area contributed by atoms with Crippen LogP contribution in [0.3, 0.4) is 0 Å². The number of amides is 2. The van der Waals surface area contributed by atoms with Gasteiger partial charge in [0.05, 0.1) is 23.3 Å². The predicted molar refractivity (Wildman–Crippen MR) is 123 cm³/mol. The Bertz CT molecular complexity index is 1330. The minimum absolute atomic E-state index is 0.0845. The standard InChI is InChI=1S/C24H20ClFN4O2/c1-15(20-13-28-23(31)19-8-3-2-7-18(19)20)30(14-17-6-4-5-11-27-17)24(32)29-16-9-10-22(26)21(25)12-16/h2-13,15H,14H2,1H3,(H,28,31)(H,29,32). The van der Waals surface area contributed by atoms with E-state index >= 15 is 0 Å². The molecular weight excluding hydrogens is 431 g/mol. The maximum absolute atomic E-state index is 13.5. The Labute approximate surface area is 188 Å². The van der Waals surface area contributed by atoms with Gasteiger partial charge in [-0.2, -0.15) is 0 Å². The zero-order chi connectivity index (χ0) is 22.7. The maximum Gasteiger partial charge on any atom is 0.322 e. The van der Waals surface area contributed by atoms with Gasteiger partial charge in [-0.25, -0.2) is 9.18 Å². The van der Waals surface area contributed by atoms with Crippen LogP contribution in [0.25, 0.3) is 10.8 Å². The van der Waals surface area contributed by atoms with E-state index < -0.39 is 17.9 Å². The quantitative estimate of drug-likeness (QED) is 0.420. The average molecular weight is 451 g/mol. The van der Waals surface area contributed by atoms with Crippen LogP contribution in [-0.4, -0.2) is 20.9 Å². The molecule has 0 spiro atoms. The number of rotatable bonds is 5. The second-order valence-electron chi connectivity index (χ2n) is 7.30. The molecule has 2 heterocycles. The van der Waals surface area contributed by atoms with Gasteiger partial charge in [0.15, 0.2) is 0 Å². The van der Waals surface area contributed by atoms with Crippen molar-refractivity contribution in [2.24, 2.45) is 0 Å². The van der Waals surface area contributed by atoms with Crippen molar-refractivity contribution in [1.29, 1.82) is 0 Å². The highest BCUT2D eigenvalue weighted by molar-refractivity contribution is 6.31. The number of aromatic nitrogens is 2. The molecule has 4 aromatic rings. The van der Waals surface area contributed by atoms with Gasteiger partial charge in [0.1, 0.15) is 5.82 Å². The first-order valence-corrected chi connectivity index (χ1v) is 10.3. The first kappa shape index (κ1) is 21.5. The summed E-state index contributed by atoms with van der Waals surface area (Å²) < 4.78 is 13.5. The molecule has 0 fully saturated rings. The van der Waals surface area contributed by atoms with Gasteiger partial charge in [-0.3, -0.25) is 9.78 Å². The summed E-state index contributed by atoms with van der Waals surface area (Å²) in [6, 6.07) is 15.9. The summed E-state index contributed by atoms with van der Waals surface area (Å²) in [4.78, 5) is 34.2. The molecule has 6 nitrogen and oxygen atoms in total. The first-order valence-electron chi connectivity index (χ1n) is 9.97. The number of halogens is 2. The minimum Gasteiger partial charge on any atom is -0.328 e. The number of pyridine rings is 2. The zero-order valence-corrected chi connectivity index (χ0v) is 17.9. The van der Waals surface area contributed by atoms with Gasteiger partial charge >= 0.3 is 6.03 Å². The molecule has 0 bridgehead atoms. The average Bonchev–Trinajstić information content (AvgIpc) is 2.80. The fourth-order valence-corrected chi connectivity index (χ4v) is 3.75. The third-order valence-corrected chi connectivity index (χ3v) is 5.54. The van der Waals surface area contributed by atoms with Crippen LogP contribution in [0.1, 0.15) is 24.2 Å². The summed E-state index contributed by atoms with van der Waals surface area (Å²) in [5.41, 5.74) is 1.65. The van der Waals surface area contributed by atoms with Crippen LogP contribution in [0.2, 0.25) is 5.02 Å². The van der Waals surface area contributed by atoms with Gasteiger partial charge in [-0.1, -0.05) is 35.9 Å². The highest BCUT2D eigenvalue weighted by Gasteiger charge is 2.24. The molecule has 0 saturated heterocycles. The van der Waals surface area contributed by atoms with Gasteiger partial charge in [-0.15, -0.1) is 0 Å². The van der Waals surface area contributed by atoms with Crippen molar-refractivity contribution in [3.63, 3.8) is 0 Å². The highest BCUT2D eigenvalue weighted by Crippen LogP contribution is 2.28. The molecule has 0 saturated carbocycles. The Kier molecular flexibility index (Phi) is 6.18. The topological polar surface area (TPSA) is 78.1 Å². The van der Waals surface area contributed by atoms with E-state index in [0.717, 1.165) is 10.9 Å². The summed E-state index contributed by atoms with van der Waals surface area (Å²) in [6.07, 6.45) is 3.29. The smallest absolute Gasteiger partial charge is 0.322 e. The molecule has 0 aliphatic carbocycles. The fraction of sp³-hybridized carbons (Fsp3) is 0.125. The summed E-state index contributed by atoms with van der Waals surface area (Å²) in [6.45, 7) is 2.09. The van der Waals surface area contributed by atoms with Crippen molar-refractivity contribution in [2.75, 3.05) is 5.32 Å². The van der Waals surface area contributed by atoms with Crippen LogP contribution >= 0.6 is 11.6 Å². The normalized spacial score (nSPS) is 11.8. The molecule has 32 heavy (non-hydrogen) atoms. The van der Waals surface area contributed by atoms with Crippen molar-refractivity contribution >= 4 is 34.1 Å². The van der Waals surface area contributed by atoms with Crippen molar-refractivity contribution in [2.45, 2.75) is 19.5 Å². The number of fused-ring (bicyclic) bond motifs is 1. The summed E-state index contributed by atoms with van der Waals surface area (Å²) >= 11 is 5.86. The third-order valence-electron chi connectivity index (χ3n) is 5.25. The molecule has 2 aromatic heterocycles. The van der Waals surface area contributed by atoms with Gasteiger partial charge in [0, 0.05) is 23.5 Å². The van der Waals surface area contributed by atoms with Gasteiger partial charge < -0.3 is 15.2 Å². The molecule has 4 rings (SSSR count). The Morgan fingerprint density at radius 2 is 1.91 bits per heavy atom. The van der Waals surface area contributed by atoms with E-state index in [2.05, 4.69) is 15.3 Å². The second kappa shape index (κ2) is 9.20. The van der Waals surface area contributed by atoms with Crippen molar-refractivity contribution in [1.82, 2.24) is 14.9 Å². The number of hydrogen-bond acceptors (Lipinski definition) is 3. The molecule has 2 aromatic carbocycles. The molecule has 0 aliphatic rings. The van der Waals surface area contributed by atoms with Crippen LogP contribution in [0.15, 0.2) is 77.9 Å². The molecule has 162 valence electrons. The van der Waals surface area contributed by atoms with Crippen LogP contribution in [0.5, 0.6) is 0 Å². The Morgan fingerprint density at radius 3 is 2.62 bits per heavy atom. The molecule has 8 heteroatoms. The van der Waals surface area contributed by atoms with E-state index in [1.165, 1.54) is 18.2 Å². The van der Waals surface area contributed by atoms with Crippen molar-refractivity contribution in [3.8, 4) is 0 Å². The predicted octanol–water partition coefficient (Wildman–Crippen LogP) is 5.51. The number of hydrogen-bond donors (Lipinski definition) is 2. The monoisotopic (exact) mass is 450 g/mol. The van der Waals surface area contributed by atoms with Crippen molar-refractivity contribution < 1.29 is 9.18 Å². The zero-order valence-electron chi connectivity index (χ0n) is 17.2. The Hall–Kier alpha value is -3.71. The van der Waals surface area contributed by atoms with Crippen LogP contribution in [-0.2, 0) is 6.54 Å². The van der Waals surface area contributed by atoms with Crippen LogP contribution < -0.4 is 10.9 Å². The van der Waals surface area contributed by atoms with E-state index in [1.807, 2.05) is 31.2 Å². The number of nitrogens with one attached hydrogen (secondary N) is 2. The van der Waals surface area contributed by atoms with E-state index in [-0.39, 0.29) is 17.1 Å². The highest BCUT2D eigenvalue weighted by atomic mass is 35.5. The summed E-state index contributed by atoms with van der Waals surface area (Å²) in [5, 5.41) is 3.99. The number of anilines is 1. The maximum atomic E-state index is 13.5. The lowest BCUT2D eigenvalue weighted by atomic mass is 10.0. The molecular formula is C24H20ClFN4O2. The summed E-state index contributed by atoms with van der Waals surface area (Å²) in [5.74, 6) is -0.567. The number of carbonyl (C=O) groups excluding carboxylic acids is 1. The van der Waals surface area contributed by atoms with E-state index in [9.17, 15) is 14.0 Å². The molecule has 0 aliphatic heterocycles. The number of urea groups is 1. The van der Waals surface area contributed by atoms with E-state index in [1.54, 1.807) is 35.5 Å². The van der Waals surface area contributed by atoms with Crippen molar-refractivity contribution in [3.05, 3.63) is 106 Å². The molecule has 0 radical (unpaired) electrons. The van der Waals surface area contributed by atoms with Crippen LogP contribution in [0.4, 0.5) is 14.9 Å². The third kappa shape index (κ3) is 4.48. The lowest BCUT2D eigenvalue weighted by molar-refractivity contribution is 0.188. The number of benzene rings is 2. The molecule has 1 atom stereocenters. The minimum atomic E-state index is -0.567. The molecule has 2 amide bonds. The SMILES string of the molecule is CC(c1c[nH]c(=O)c2ccccc12)N(Cc1ccccn1)C(=O)Nc1ccc(F)c(Cl)c1. The molecule has 1 unspecified atom stereocenters.